The number of benzene rings is 3. The van der Waals surface area contributed by atoms with Crippen molar-refractivity contribution in [3.63, 3.8) is 0 Å². The lowest BCUT2D eigenvalue weighted by atomic mass is 9.86. The lowest BCUT2D eigenvalue weighted by Crippen LogP contribution is -2.10. The smallest absolute Gasteiger partial charge is 0.0486 e. The Morgan fingerprint density at radius 3 is 1.25 bits per heavy atom. The molecular formula is C26H28N2. The molecule has 0 fully saturated rings. The fourth-order valence-electron chi connectivity index (χ4n) is 4.23. The van der Waals surface area contributed by atoms with E-state index in [9.17, 15) is 0 Å². The molecule has 0 saturated carbocycles. The molecule has 0 aliphatic carbocycles. The zero-order chi connectivity index (χ0) is 19.8. The Kier molecular flexibility index (Phi) is 3.35. The largest absolute Gasteiger partial charge is 0.354 e. The molecule has 142 valence electrons. The standard InChI is InChI=1S/C26H28N2/c1-25(2,3)15-7-9-21-17(11-15)19-13-20-18-12-16(26(4,5)6)8-10-22(18)28-24(20)14-23(19)27-21/h7-14,27-28H,1-6H3. The van der Waals surface area contributed by atoms with E-state index >= 15 is 0 Å². The summed E-state index contributed by atoms with van der Waals surface area (Å²) in [7, 11) is 0. The average Bonchev–Trinajstić information content (AvgIpc) is 3.14. The predicted molar refractivity (Wildman–Crippen MR) is 123 cm³/mol. The summed E-state index contributed by atoms with van der Waals surface area (Å²) in [6.07, 6.45) is 0. The van der Waals surface area contributed by atoms with Crippen LogP contribution in [0.1, 0.15) is 52.7 Å². The molecule has 5 aromatic rings. The molecular weight excluding hydrogens is 340 g/mol. The number of hydrogen-bond acceptors (Lipinski definition) is 0. The van der Waals surface area contributed by atoms with Crippen LogP contribution in [0.4, 0.5) is 0 Å². The van der Waals surface area contributed by atoms with Crippen LogP contribution in [-0.4, -0.2) is 9.97 Å². The van der Waals surface area contributed by atoms with Gasteiger partial charge in [-0.05, 0) is 58.4 Å². The van der Waals surface area contributed by atoms with E-state index in [-0.39, 0.29) is 10.8 Å². The van der Waals surface area contributed by atoms with Gasteiger partial charge in [0, 0.05) is 43.6 Å². The van der Waals surface area contributed by atoms with Crippen LogP contribution in [0.25, 0.3) is 43.6 Å². The summed E-state index contributed by atoms with van der Waals surface area (Å²) in [6, 6.07) is 18.3. The fraction of sp³-hybridized carbons (Fsp3) is 0.308. The Labute approximate surface area is 165 Å². The lowest BCUT2D eigenvalue weighted by molar-refractivity contribution is 0.591. The average molecular weight is 369 g/mol. The minimum absolute atomic E-state index is 0.143. The first-order valence-corrected chi connectivity index (χ1v) is 10.1. The number of rotatable bonds is 0. The zero-order valence-electron chi connectivity index (χ0n) is 17.6. The van der Waals surface area contributed by atoms with E-state index in [1.54, 1.807) is 0 Å². The van der Waals surface area contributed by atoms with Crippen molar-refractivity contribution in [1.29, 1.82) is 0 Å². The van der Waals surface area contributed by atoms with Crippen LogP contribution >= 0.6 is 0 Å². The third kappa shape index (κ3) is 2.55. The molecule has 2 nitrogen and oxygen atoms in total. The van der Waals surface area contributed by atoms with Crippen molar-refractivity contribution in [2.45, 2.75) is 52.4 Å². The van der Waals surface area contributed by atoms with E-state index in [2.05, 4.69) is 100 Å². The molecule has 0 amide bonds. The van der Waals surface area contributed by atoms with Crippen LogP contribution in [0.15, 0.2) is 48.5 Å². The van der Waals surface area contributed by atoms with E-state index < -0.39 is 0 Å². The van der Waals surface area contributed by atoms with Gasteiger partial charge in [-0.1, -0.05) is 53.7 Å². The second kappa shape index (κ2) is 5.41. The molecule has 0 aliphatic rings. The van der Waals surface area contributed by atoms with Crippen LogP contribution in [-0.2, 0) is 10.8 Å². The maximum Gasteiger partial charge on any atom is 0.0486 e. The van der Waals surface area contributed by atoms with E-state index in [1.165, 1.54) is 54.7 Å². The summed E-state index contributed by atoms with van der Waals surface area (Å²) in [6.45, 7) is 13.6. The minimum atomic E-state index is 0.143. The first-order chi connectivity index (χ1) is 13.1. The summed E-state index contributed by atoms with van der Waals surface area (Å²) < 4.78 is 0. The molecule has 2 N–H and O–H groups in total. The Morgan fingerprint density at radius 1 is 0.464 bits per heavy atom. The van der Waals surface area contributed by atoms with Gasteiger partial charge >= 0.3 is 0 Å². The summed E-state index contributed by atoms with van der Waals surface area (Å²) in [5.74, 6) is 0. The highest BCUT2D eigenvalue weighted by molar-refractivity contribution is 6.17. The molecule has 0 atom stereocenters. The SMILES string of the molecule is CC(C)(C)c1ccc2[nH]c3cc4[nH]c5ccc(C(C)(C)C)cc5c4cc3c2c1. The Morgan fingerprint density at radius 2 is 0.857 bits per heavy atom. The predicted octanol–water partition coefficient (Wildman–Crippen LogP) is 7.55. The van der Waals surface area contributed by atoms with Crippen molar-refractivity contribution >= 4 is 43.6 Å². The monoisotopic (exact) mass is 368 g/mol. The summed E-state index contributed by atoms with van der Waals surface area (Å²) >= 11 is 0. The molecule has 3 aromatic carbocycles. The van der Waals surface area contributed by atoms with Crippen LogP contribution in [0, 0.1) is 0 Å². The van der Waals surface area contributed by atoms with Crippen molar-refractivity contribution < 1.29 is 0 Å². The zero-order valence-corrected chi connectivity index (χ0v) is 17.6. The van der Waals surface area contributed by atoms with Crippen LogP contribution in [0.2, 0.25) is 0 Å². The highest BCUT2D eigenvalue weighted by atomic mass is 14.7. The molecule has 0 unspecified atom stereocenters. The molecule has 0 radical (unpaired) electrons. The third-order valence-electron chi connectivity index (χ3n) is 6.05. The summed E-state index contributed by atoms with van der Waals surface area (Å²) in [4.78, 5) is 7.22. The number of aromatic nitrogens is 2. The summed E-state index contributed by atoms with van der Waals surface area (Å²) in [5, 5.41) is 5.22. The molecule has 5 rings (SSSR count). The van der Waals surface area contributed by atoms with Gasteiger partial charge in [-0.2, -0.15) is 0 Å². The van der Waals surface area contributed by atoms with Gasteiger partial charge in [0.15, 0.2) is 0 Å². The second-order valence-electron chi connectivity index (χ2n) is 10.2. The molecule has 28 heavy (non-hydrogen) atoms. The van der Waals surface area contributed by atoms with E-state index in [0.717, 1.165) is 0 Å². The molecule has 2 aromatic heterocycles. The third-order valence-corrected chi connectivity index (χ3v) is 6.05. The van der Waals surface area contributed by atoms with Gasteiger partial charge in [-0.15, -0.1) is 0 Å². The van der Waals surface area contributed by atoms with Crippen molar-refractivity contribution in [2.24, 2.45) is 0 Å². The Balaban J connectivity index is 1.85. The number of H-pyrrole nitrogens is 2. The van der Waals surface area contributed by atoms with Gasteiger partial charge in [-0.3, -0.25) is 0 Å². The van der Waals surface area contributed by atoms with Gasteiger partial charge in [0.05, 0.1) is 0 Å². The minimum Gasteiger partial charge on any atom is -0.354 e. The maximum absolute atomic E-state index is 3.61. The fourth-order valence-corrected chi connectivity index (χ4v) is 4.23. The molecule has 2 heteroatoms. The Hall–Kier alpha value is -2.74. The molecule has 0 saturated heterocycles. The van der Waals surface area contributed by atoms with Crippen molar-refractivity contribution in [3.8, 4) is 0 Å². The van der Waals surface area contributed by atoms with Crippen LogP contribution in [0.3, 0.4) is 0 Å². The van der Waals surface area contributed by atoms with Crippen molar-refractivity contribution in [1.82, 2.24) is 9.97 Å². The second-order valence-corrected chi connectivity index (χ2v) is 10.2. The highest BCUT2D eigenvalue weighted by Gasteiger charge is 2.18. The van der Waals surface area contributed by atoms with E-state index in [4.69, 9.17) is 0 Å². The molecule has 2 heterocycles. The molecule has 0 bridgehead atoms. The van der Waals surface area contributed by atoms with Gasteiger partial charge in [0.25, 0.3) is 0 Å². The Bertz CT molecular complexity index is 1260. The van der Waals surface area contributed by atoms with Gasteiger partial charge < -0.3 is 9.97 Å². The van der Waals surface area contributed by atoms with Gasteiger partial charge in [0.2, 0.25) is 0 Å². The van der Waals surface area contributed by atoms with Gasteiger partial charge in [-0.25, -0.2) is 0 Å². The van der Waals surface area contributed by atoms with Crippen LogP contribution in [0.5, 0.6) is 0 Å². The first kappa shape index (κ1) is 17.4. The van der Waals surface area contributed by atoms with E-state index in [0.29, 0.717) is 0 Å². The topological polar surface area (TPSA) is 31.6 Å². The van der Waals surface area contributed by atoms with Gasteiger partial charge in [0.1, 0.15) is 0 Å². The highest BCUT2D eigenvalue weighted by Crippen LogP contribution is 2.36. The number of fused-ring (bicyclic) bond motifs is 6. The molecule has 0 aliphatic heterocycles. The first-order valence-electron chi connectivity index (χ1n) is 10.1. The maximum atomic E-state index is 3.61. The lowest BCUT2D eigenvalue weighted by Gasteiger charge is -2.19. The van der Waals surface area contributed by atoms with Crippen molar-refractivity contribution in [2.75, 3.05) is 0 Å². The molecule has 0 spiro atoms. The number of nitrogens with one attached hydrogen (secondary N) is 2. The van der Waals surface area contributed by atoms with Crippen molar-refractivity contribution in [3.05, 3.63) is 59.7 Å². The normalized spacial score (nSPS) is 13.4. The summed E-state index contributed by atoms with van der Waals surface area (Å²) in [5.41, 5.74) is 7.82. The quantitative estimate of drug-likeness (QED) is 0.283. The number of aromatic amines is 2. The van der Waals surface area contributed by atoms with Crippen LogP contribution < -0.4 is 0 Å². The van der Waals surface area contributed by atoms with E-state index in [1.807, 2.05) is 0 Å². The number of hydrogen-bond donors (Lipinski definition) is 2.